The minimum Gasteiger partial charge on any atom is -0.321 e. The molecule has 4 rings (SSSR count). The molecule has 31 heavy (non-hydrogen) atoms. The standard InChI is InChI=1S/C26H41N3OS/c1-24(2,31-5)19-28-20-25(29(23(28)30)18-21-10-9-11-21)14-16-26(17-15-25,27(3)4)22-12-7-6-8-13-22/h6-8,12-13,21H,9-11,14-20H2,1-5H3/t25-,26+. The molecule has 3 fully saturated rings. The summed E-state index contributed by atoms with van der Waals surface area (Å²) in [7, 11) is 4.45. The number of urea groups is 1. The lowest BCUT2D eigenvalue weighted by atomic mass is 9.68. The van der Waals surface area contributed by atoms with Gasteiger partial charge < -0.3 is 9.80 Å². The highest BCUT2D eigenvalue weighted by atomic mass is 32.2. The molecule has 0 radical (unpaired) electrons. The Morgan fingerprint density at radius 3 is 2.26 bits per heavy atom. The zero-order valence-electron chi connectivity index (χ0n) is 20.2. The van der Waals surface area contributed by atoms with Gasteiger partial charge in [-0.05, 0) is 84.2 Å². The third-order valence-corrected chi connectivity index (χ3v) is 9.76. The van der Waals surface area contributed by atoms with Crippen molar-refractivity contribution in [2.45, 2.75) is 74.6 Å². The number of hydrogen-bond acceptors (Lipinski definition) is 3. The highest BCUT2D eigenvalue weighted by Gasteiger charge is 2.55. The van der Waals surface area contributed by atoms with E-state index in [0.29, 0.717) is 11.9 Å². The molecule has 2 aliphatic carbocycles. The lowest BCUT2D eigenvalue weighted by molar-refractivity contribution is 0.0159. The second-order valence-corrected chi connectivity index (χ2v) is 12.5. The Balaban J connectivity index is 1.59. The molecule has 5 heteroatoms. The molecule has 0 bridgehead atoms. The summed E-state index contributed by atoms with van der Waals surface area (Å²) in [5, 5.41) is 0. The van der Waals surface area contributed by atoms with Crippen LogP contribution in [-0.2, 0) is 5.54 Å². The first-order valence-corrected chi connectivity index (χ1v) is 13.3. The Hall–Kier alpha value is -1.20. The molecular weight excluding hydrogens is 402 g/mol. The zero-order chi connectivity index (χ0) is 22.3. The normalized spacial score (nSPS) is 29.8. The van der Waals surface area contributed by atoms with Gasteiger partial charge in [0.1, 0.15) is 0 Å². The van der Waals surface area contributed by atoms with Gasteiger partial charge in [-0.15, -0.1) is 0 Å². The molecule has 2 amide bonds. The van der Waals surface area contributed by atoms with E-state index in [1.54, 1.807) is 0 Å². The molecule has 1 saturated heterocycles. The van der Waals surface area contributed by atoms with E-state index in [4.69, 9.17) is 0 Å². The molecule has 3 aliphatic rings. The largest absolute Gasteiger partial charge is 0.321 e. The maximum absolute atomic E-state index is 13.6. The lowest BCUT2D eigenvalue weighted by Gasteiger charge is -2.51. The number of carbonyl (C=O) groups excluding carboxylic acids is 1. The molecular formula is C26H41N3OS. The summed E-state index contributed by atoms with van der Waals surface area (Å²) >= 11 is 1.86. The van der Waals surface area contributed by atoms with E-state index in [1.165, 1.54) is 24.8 Å². The van der Waals surface area contributed by atoms with Crippen molar-refractivity contribution in [3.8, 4) is 0 Å². The van der Waals surface area contributed by atoms with E-state index >= 15 is 0 Å². The number of thioether (sulfide) groups is 1. The van der Waals surface area contributed by atoms with E-state index in [-0.39, 0.29) is 15.8 Å². The Morgan fingerprint density at radius 2 is 1.74 bits per heavy atom. The van der Waals surface area contributed by atoms with E-state index in [0.717, 1.165) is 45.3 Å². The second kappa shape index (κ2) is 8.62. The van der Waals surface area contributed by atoms with Gasteiger partial charge in [0, 0.05) is 29.9 Å². The maximum atomic E-state index is 13.6. The van der Waals surface area contributed by atoms with Crippen LogP contribution in [0, 0.1) is 5.92 Å². The number of carbonyl (C=O) groups is 1. The third-order valence-electron chi connectivity index (χ3n) is 8.52. The van der Waals surface area contributed by atoms with Crippen LogP contribution in [0.4, 0.5) is 4.79 Å². The summed E-state index contributed by atoms with van der Waals surface area (Å²) in [6.07, 6.45) is 10.5. The Bertz CT molecular complexity index is 766. The highest BCUT2D eigenvalue weighted by Crippen LogP contribution is 2.50. The Labute approximate surface area is 193 Å². The zero-order valence-corrected chi connectivity index (χ0v) is 21.0. The average Bonchev–Trinajstić information content (AvgIpc) is 2.96. The second-order valence-electron chi connectivity index (χ2n) is 11.0. The first-order valence-electron chi connectivity index (χ1n) is 12.1. The van der Waals surface area contributed by atoms with E-state index in [2.05, 4.69) is 79.2 Å². The van der Waals surface area contributed by atoms with Crippen LogP contribution in [-0.4, -0.2) is 71.0 Å². The summed E-state index contributed by atoms with van der Waals surface area (Å²) < 4.78 is 0.0927. The minimum absolute atomic E-state index is 0.00938. The topological polar surface area (TPSA) is 26.8 Å². The summed E-state index contributed by atoms with van der Waals surface area (Å²) in [6.45, 7) is 7.24. The van der Waals surface area contributed by atoms with Gasteiger partial charge in [-0.1, -0.05) is 36.8 Å². The first-order chi connectivity index (χ1) is 14.7. The van der Waals surface area contributed by atoms with Gasteiger partial charge in [-0.3, -0.25) is 4.90 Å². The van der Waals surface area contributed by atoms with Gasteiger partial charge in [0.2, 0.25) is 0 Å². The van der Waals surface area contributed by atoms with Crippen molar-refractivity contribution in [3.05, 3.63) is 35.9 Å². The summed E-state index contributed by atoms with van der Waals surface area (Å²) in [4.78, 5) is 20.6. The monoisotopic (exact) mass is 443 g/mol. The predicted molar refractivity (Wildman–Crippen MR) is 132 cm³/mol. The van der Waals surface area contributed by atoms with Crippen LogP contribution in [0.2, 0.25) is 0 Å². The number of benzene rings is 1. The van der Waals surface area contributed by atoms with Crippen molar-refractivity contribution in [1.82, 2.24) is 14.7 Å². The molecule has 1 aromatic rings. The van der Waals surface area contributed by atoms with Gasteiger partial charge in [-0.25, -0.2) is 4.79 Å². The van der Waals surface area contributed by atoms with Crippen molar-refractivity contribution >= 4 is 17.8 Å². The van der Waals surface area contributed by atoms with E-state index in [1.807, 2.05) is 11.8 Å². The van der Waals surface area contributed by atoms with Crippen LogP contribution in [0.1, 0.15) is 64.4 Å². The van der Waals surface area contributed by atoms with Gasteiger partial charge >= 0.3 is 6.03 Å². The molecule has 1 spiro atoms. The molecule has 1 aliphatic heterocycles. The quantitative estimate of drug-likeness (QED) is 0.562. The number of amides is 2. The number of hydrogen-bond donors (Lipinski definition) is 0. The van der Waals surface area contributed by atoms with Crippen LogP contribution < -0.4 is 0 Å². The van der Waals surface area contributed by atoms with Crippen molar-refractivity contribution in [1.29, 1.82) is 0 Å². The number of rotatable bonds is 7. The van der Waals surface area contributed by atoms with Crippen molar-refractivity contribution in [2.24, 2.45) is 5.92 Å². The SMILES string of the molecule is CSC(C)(C)CN1C[C@]2(CC[C@](c3ccccc3)(N(C)C)CC2)N(CC2CCC2)C1=O. The predicted octanol–water partition coefficient (Wildman–Crippen LogP) is 5.44. The van der Waals surface area contributed by atoms with Gasteiger partial charge in [-0.2, -0.15) is 11.8 Å². The average molecular weight is 444 g/mol. The van der Waals surface area contributed by atoms with Crippen LogP contribution in [0.25, 0.3) is 0 Å². The molecule has 1 aromatic carbocycles. The smallest absolute Gasteiger partial charge is 0.320 e. The highest BCUT2D eigenvalue weighted by molar-refractivity contribution is 7.99. The van der Waals surface area contributed by atoms with Crippen LogP contribution in [0.15, 0.2) is 30.3 Å². The van der Waals surface area contributed by atoms with Gasteiger partial charge in [0.15, 0.2) is 0 Å². The van der Waals surface area contributed by atoms with Gasteiger partial charge in [0.25, 0.3) is 0 Å². The van der Waals surface area contributed by atoms with E-state index in [9.17, 15) is 4.79 Å². The maximum Gasteiger partial charge on any atom is 0.320 e. The van der Waals surface area contributed by atoms with Gasteiger partial charge in [0.05, 0.1) is 5.54 Å². The molecule has 0 unspecified atom stereocenters. The Kier molecular flexibility index (Phi) is 6.39. The van der Waals surface area contributed by atoms with Crippen LogP contribution in [0.5, 0.6) is 0 Å². The molecule has 2 saturated carbocycles. The third kappa shape index (κ3) is 4.25. The molecule has 172 valence electrons. The molecule has 4 nitrogen and oxygen atoms in total. The van der Waals surface area contributed by atoms with Crippen LogP contribution in [0.3, 0.4) is 0 Å². The van der Waals surface area contributed by atoms with Crippen LogP contribution >= 0.6 is 11.8 Å². The van der Waals surface area contributed by atoms with Crippen molar-refractivity contribution < 1.29 is 4.79 Å². The molecule has 0 atom stereocenters. The summed E-state index contributed by atoms with van der Waals surface area (Å²) in [5.74, 6) is 0.712. The lowest BCUT2D eigenvalue weighted by Crippen LogP contribution is -2.56. The van der Waals surface area contributed by atoms with E-state index < -0.39 is 0 Å². The first kappa shape index (κ1) is 23.0. The fourth-order valence-electron chi connectivity index (χ4n) is 6.03. The molecule has 1 heterocycles. The molecule has 0 aromatic heterocycles. The summed E-state index contributed by atoms with van der Waals surface area (Å²) in [5.41, 5.74) is 1.50. The fourth-order valence-corrected chi connectivity index (χ4v) is 6.32. The number of nitrogens with zero attached hydrogens (tertiary/aromatic N) is 3. The van der Waals surface area contributed by atoms with Crippen molar-refractivity contribution in [2.75, 3.05) is 40.0 Å². The minimum atomic E-state index is 0.00938. The summed E-state index contributed by atoms with van der Waals surface area (Å²) in [6, 6.07) is 11.3. The Morgan fingerprint density at radius 1 is 1.10 bits per heavy atom. The van der Waals surface area contributed by atoms with Crippen molar-refractivity contribution in [3.63, 3.8) is 0 Å². The molecule has 0 N–H and O–H groups in total. The fraction of sp³-hybridized carbons (Fsp3) is 0.731.